The fraction of sp³-hybridized carbons (Fsp3) is 0.706. The molecule has 0 radical (unpaired) electrons. The molecule has 2 aliphatic heterocycles. The number of hydrogen-bond acceptors (Lipinski definition) is 5. The Balaban J connectivity index is 1.55. The van der Waals surface area contributed by atoms with Crippen LogP contribution in [0.1, 0.15) is 31.2 Å². The summed E-state index contributed by atoms with van der Waals surface area (Å²) < 4.78 is 5.43. The number of ether oxygens (including phenoxy) is 1. The Labute approximate surface area is 133 Å². The Kier molecular flexibility index (Phi) is 5.64. The monoisotopic (exact) mass is 304 g/mol. The van der Waals surface area contributed by atoms with Crippen LogP contribution in [-0.2, 0) is 11.3 Å². The molecule has 0 saturated carbocycles. The molecule has 2 aliphatic rings. The molecule has 122 valence electrons. The van der Waals surface area contributed by atoms with Crippen LogP contribution < -0.4 is 5.73 Å². The molecule has 1 aromatic heterocycles. The lowest BCUT2D eigenvalue weighted by molar-refractivity contribution is 0.0302. The second-order valence-corrected chi connectivity index (χ2v) is 6.41. The highest BCUT2D eigenvalue weighted by atomic mass is 16.5. The molecule has 3 heterocycles. The van der Waals surface area contributed by atoms with Gasteiger partial charge in [-0.05, 0) is 38.4 Å². The third kappa shape index (κ3) is 4.18. The van der Waals surface area contributed by atoms with E-state index in [0.29, 0.717) is 11.9 Å². The van der Waals surface area contributed by atoms with E-state index in [0.717, 1.165) is 32.8 Å². The average molecular weight is 304 g/mol. The second-order valence-electron chi connectivity index (χ2n) is 6.41. The number of nitrogens with two attached hydrogens (primary N) is 1. The molecule has 0 aliphatic carbocycles. The summed E-state index contributed by atoms with van der Waals surface area (Å²) in [5.74, 6) is 0.681. The minimum Gasteiger partial charge on any atom is -0.383 e. The van der Waals surface area contributed by atoms with Crippen molar-refractivity contribution < 1.29 is 4.74 Å². The van der Waals surface area contributed by atoms with Gasteiger partial charge in [-0.1, -0.05) is 12.5 Å². The summed E-state index contributed by atoms with van der Waals surface area (Å²) in [6.07, 6.45) is 6.98. The molecule has 2 N–H and O–H groups in total. The predicted octanol–water partition coefficient (Wildman–Crippen LogP) is 1.74. The quantitative estimate of drug-likeness (QED) is 0.898. The Morgan fingerprint density at radius 1 is 1.23 bits per heavy atom. The van der Waals surface area contributed by atoms with Gasteiger partial charge in [0.2, 0.25) is 0 Å². The van der Waals surface area contributed by atoms with E-state index in [-0.39, 0.29) is 0 Å². The first-order chi connectivity index (χ1) is 10.8. The van der Waals surface area contributed by atoms with Crippen molar-refractivity contribution in [3.05, 3.63) is 23.9 Å². The normalized spacial score (nSPS) is 24.5. The van der Waals surface area contributed by atoms with E-state index >= 15 is 0 Å². The topological polar surface area (TPSA) is 54.6 Å². The van der Waals surface area contributed by atoms with Gasteiger partial charge >= 0.3 is 0 Å². The third-order valence-corrected chi connectivity index (χ3v) is 4.93. The van der Waals surface area contributed by atoms with Gasteiger partial charge in [0.1, 0.15) is 5.82 Å². The highest BCUT2D eigenvalue weighted by Crippen LogP contribution is 2.23. The Morgan fingerprint density at radius 3 is 2.91 bits per heavy atom. The second kappa shape index (κ2) is 7.90. The fourth-order valence-corrected chi connectivity index (χ4v) is 3.55. The van der Waals surface area contributed by atoms with Crippen molar-refractivity contribution in [2.75, 3.05) is 45.1 Å². The summed E-state index contributed by atoms with van der Waals surface area (Å²) in [6, 6.07) is 4.77. The van der Waals surface area contributed by atoms with E-state index in [9.17, 15) is 0 Å². The molecule has 1 unspecified atom stereocenters. The van der Waals surface area contributed by atoms with Crippen molar-refractivity contribution in [1.29, 1.82) is 0 Å². The van der Waals surface area contributed by atoms with Gasteiger partial charge in [0, 0.05) is 37.4 Å². The highest BCUT2D eigenvalue weighted by Gasteiger charge is 2.24. The van der Waals surface area contributed by atoms with E-state index in [1.54, 1.807) is 6.20 Å². The summed E-state index contributed by atoms with van der Waals surface area (Å²) in [4.78, 5) is 9.36. The van der Waals surface area contributed by atoms with E-state index in [1.807, 2.05) is 6.07 Å². The summed E-state index contributed by atoms with van der Waals surface area (Å²) >= 11 is 0. The molecule has 0 spiro atoms. The van der Waals surface area contributed by atoms with Gasteiger partial charge in [-0.3, -0.25) is 9.80 Å². The smallest absolute Gasteiger partial charge is 0.127 e. The standard InChI is InChI=1S/C17H28N4O/c18-17-15(4-3-7-19-17)14-21-8-2-1-5-16(21)6-9-20-10-12-22-13-11-20/h3-4,7,16H,1-2,5-6,8-14H2,(H2,18,19). The van der Waals surface area contributed by atoms with E-state index in [1.165, 1.54) is 44.3 Å². The lowest BCUT2D eigenvalue weighted by atomic mass is 9.98. The van der Waals surface area contributed by atoms with Gasteiger partial charge in [-0.25, -0.2) is 4.98 Å². The molecular formula is C17H28N4O. The highest BCUT2D eigenvalue weighted by molar-refractivity contribution is 5.38. The van der Waals surface area contributed by atoms with Crippen LogP contribution in [0.15, 0.2) is 18.3 Å². The molecule has 22 heavy (non-hydrogen) atoms. The van der Waals surface area contributed by atoms with Crippen LogP contribution in [0.25, 0.3) is 0 Å². The van der Waals surface area contributed by atoms with Crippen LogP contribution in [0.4, 0.5) is 5.82 Å². The van der Waals surface area contributed by atoms with Crippen LogP contribution in [0.5, 0.6) is 0 Å². The predicted molar refractivity (Wildman–Crippen MR) is 88.6 cm³/mol. The SMILES string of the molecule is Nc1ncccc1CN1CCCCC1CCN1CCOCC1. The van der Waals surface area contributed by atoms with Gasteiger partial charge in [0.15, 0.2) is 0 Å². The van der Waals surface area contributed by atoms with Crippen molar-refractivity contribution in [2.24, 2.45) is 0 Å². The molecule has 2 saturated heterocycles. The maximum absolute atomic E-state index is 6.01. The first-order valence-corrected chi connectivity index (χ1v) is 8.56. The van der Waals surface area contributed by atoms with Crippen LogP contribution in [0.2, 0.25) is 0 Å². The lowest BCUT2D eigenvalue weighted by Crippen LogP contribution is -2.43. The van der Waals surface area contributed by atoms with E-state index < -0.39 is 0 Å². The lowest BCUT2D eigenvalue weighted by Gasteiger charge is -2.37. The van der Waals surface area contributed by atoms with Crippen LogP contribution in [-0.4, -0.2) is 60.2 Å². The van der Waals surface area contributed by atoms with E-state index in [4.69, 9.17) is 10.5 Å². The minimum absolute atomic E-state index is 0.677. The van der Waals surface area contributed by atoms with Crippen LogP contribution >= 0.6 is 0 Å². The zero-order valence-electron chi connectivity index (χ0n) is 13.4. The number of hydrogen-bond donors (Lipinski definition) is 1. The average Bonchev–Trinajstić information content (AvgIpc) is 2.57. The molecule has 1 aromatic rings. The zero-order valence-corrected chi connectivity index (χ0v) is 13.4. The maximum Gasteiger partial charge on any atom is 0.127 e. The Bertz CT molecular complexity index is 462. The summed E-state index contributed by atoms with van der Waals surface area (Å²) in [5.41, 5.74) is 7.18. The summed E-state index contributed by atoms with van der Waals surface area (Å²) in [5, 5.41) is 0. The minimum atomic E-state index is 0.677. The largest absolute Gasteiger partial charge is 0.383 e. The number of pyridine rings is 1. The molecule has 3 rings (SSSR count). The third-order valence-electron chi connectivity index (χ3n) is 4.93. The molecule has 0 aromatic carbocycles. The van der Waals surface area contributed by atoms with Gasteiger partial charge in [0.25, 0.3) is 0 Å². The molecular weight excluding hydrogens is 276 g/mol. The number of morpholine rings is 1. The van der Waals surface area contributed by atoms with Gasteiger partial charge < -0.3 is 10.5 Å². The number of nitrogens with zero attached hydrogens (tertiary/aromatic N) is 3. The van der Waals surface area contributed by atoms with Gasteiger partial charge in [-0.2, -0.15) is 0 Å². The molecule has 5 heteroatoms. The Hall–Kier alpha value is -1.17. The molecule has 0 bridgehead atoms. The number of rotatable bonds is 5. The van der Waals surface area contributed by atoms with Gasteiger partial charge in [-0.15, -0.1) is 0 Å². The Morgan fingerprint density at radius 2 is 2.09 bits per heavy atom. The van der Waals surface area contributed by atoms with E-state index in [2.05, 4.69) is 20.9 Å². The van der Waals surface area contributed by atoms with Crippen molar-refractivity contribution >= 4 is 5.82 Å². The molecule has 5 nitrogen and oxygen atoms in total. The summed E-state index contributed by atoms with van der Waals surface area (Å²) in [6.45, 7) is 7.26. The maximum atomic E-state index is 6.01. The van der Waals surface area contributed by atoms with Crippen molar-refractivity contribution in [1.82, 2.24) is 14.8 Å². The van der Waals surface area contributed by atoms with Crippen molar-refractivity contribution in [3.63, 3.8) is 0 Å². The molecule has 0 amide bonds. The van der Waals surface area contributed by atoms with Crippen LogP contribution in [0, 0.1) is 0 Å². The first-order valence-electron chi connectivity index (χ1n) is 8.56. The van der Waals surface area contributed by atoms with Crippen LogP contribution in [0.3, 0.4) is 0 Å². The number of aromatic nitrogens is 1. The fourth-order valence-electron chi connectivity index (χ4n) is 3.55. The number of nitrogen functional groups attached to an aromatic ring is 1. The first kappa shape index (κ1) is 15.7. The van der Waals surface area contributed by atoms with Crippen molar-refractivity contribution in [3.8, 4) is 0 Å². The van der Waals surface area contributed by atoms with Gasteiger partial charge in [0.05, 0.1) is 13.2 Å². The number of likely N-dealkylation sites (tertiary alicyclic amines) is 1. The number of piperidine rings is 1. The summed E-state index contributed by atoms with van der Waals surface area (Å²) in [7, 11) is 0. The van der Waals surface area contributed by atoms with Crippen molar-refractivity contribution in [2.45, 2.75) is 38.3 Å². The zero-order chi connectivity index (χ0) is 15.2. The number of anilines is 1. The molecule has 1 atom stereocenters. The molecule has 2 fully saturated rings.